The number of piperazine rings is 1. The molecule has 0 bridgehead atoms. The number of nitrogens with zero attached hydrogens (tertiary/aromatic N) is 6. The molecule has 0 atom stereocenters. The Kier molecular flexibility index (Phi) is 5.10. The summed E-state index contributed by atoms with van der Waals surface area (Å²) in [5.74, 6) is 2.27. The number of aromatic nitrogens is 4. The molecule has 10 heteroatoms. The van der Waals surface area contributed by atoms with Gasteiger partial charge in [0.2, 0.25) is 5.95 Å². The largest absolute Gasteiger partial charge is 0.497 e. The van der Waals surface area contributed by atoms with E-state index in [-0.39, 0.29) is 5.91 Å². The zero-order valence-corrected chi connectivity index (χ0v) is 17.9. The van der Waals surface area contributed by atoms with Gasteiger partial charge in [0.05, 0.1) is 25.0 Å². The molecule has 1 saturated heterocycles. The van der Waals surface area contributed by atoms with Crippen molar-refractivity contribution in [1.82, 2.24) is 24.6 Å². The Labute approximate surface area is 184 Å². The number of rotatable bonds is 5. The Morgan fingerprint density at radius 2 is 1.97 bits per heavy atom. The van der Waals surface area contributed by atoms with E-state index in [0.29, 0.717) is 43.7 Å². The van der Waals surface area contributed by atoms with Crippen molar-refractivity contribution < 1.29 is 13.9 Å². The van der Waals surface area contributed by atoms with Crippen LogP contribution >= 0.6 is 0 Å². The number of hydrogen-bond donors (Lipinski definition) is 1. The minimum Gasteiger partial charge on any atom is -0.497 e. The summed E-state index contributed by atoms with van der Waals surface area (Å²) < 4.78 is 12.3. The van der Waals surface area contributed by atoms with E-state index in [1.807, 2.05) is 31.3 Å². The molecule has 1 aliphatic rings. The molecule has 4 heterocycles. The van der Waals surface area contributed by atoms with E-state index in [2.05, 4.69) is 15.3 Å². The third-order valence-corrected chi connectivity index (χ3v) is 5.49. The first-order valence-electron chi connectivity index (χ1n) is 10.3. The maximum absolute atomic E-state index is 12.5. The normalized spacial score (nSPS) is 14.1. The van der Waals surface area contributed by atoms with Gasteiger partial charge in [0.1, 0.15) is 11.6 Å². The highest BCUT2D eigenvalue weighted by Gasteiger charge is 2.26. The highest BCUT2D eigenvalue weighted by atomic mass is 16.5. The highest BCUT2D eigenvalue weighted by molar-refractivity contribution is 5.92. The Bertz CT molecular complexity index is 1240. The number of amides is 1. The number of methoxy groups -OCH3 is 1. The summed E-state index contributed by atoms with van der Waals surface area (Å²) >= 11 is 0. The zero-order valence-electron chi connectivity index (χ0n) is 17.9. The van der Waals surface area contributed by atoms with Gasteiger partial charge in [-0.15, -0.1) is 0 Å². The van der Waals surface area contributed by atoms with Gasteiger partial charge in [0, 0.05) is 45.0 Å². The van der Waals surface area contributed by atoms with Crippen molar-refractivity contribution in [2.75, 3.05) is 43.5 Å². The Hall–Kier alpha value is -4.08. The molecule has 3 aromatic heterocycles. The smallest absolute Gasteiger partial charge is 0.289 e. The summed E-state index contributed by atoms with van der Waals surface area (Å²) in [6, 6.07) is 11.1. The van der Waals surface area contributed by atoms with E-state index in [0.717, 1.165) is 22.5 Å². The first-order valence-corrected chi connectivity index (χ1v) is 10.3. The van der Waals surface area contributed by atoms with Crippen molar-refractivity contribution in [3.05, 3.63) is 54.6 Å². The molecule has 1 aliphatic heterocycles. The third kappa shape index (κ3) is 3.70. The van der Waals surface area contributed by atoms with Crippen LogP contribution in [0.2, 0.25) is 0 Å². The van der Waals surface area contributed by atoms with Gasteiger partial charge in [-0.05, 0) is 24.3 Å². The minimum absolute atomic E-state index is 0.0990. The van der Waals surface area contributed by atoms with Gasteiger partial charge in [-0.2, -0.15) is 15.1 Å². The van der Waals surface area contributed by atoms with Crippen LogP contribution in [0.1, 0.15) is 10.6 Å². The molecule has 10 nitrogen and oxygen atoms in total. The summed E-state index contributed by atoms with van der Waals surface area (Å²) in [5, 5.41) is 8.55. The monoisotopic (exact) mass is 433 g/mol. The van der Waals surface area contributed by atoms with Gasteiger partial charge in [0.15, 0.2) is 11.4 Å². The lowest BCUT2D eigenvalue weighted by molar-refractivity contribution is 0.0714. The molecule has 32 heavy (non-hydrogen) atoms. The topological polar surface area (TPSA) is 102 Å². The van der Waals surface area contributed by atoms with Crippen LogP contribution in [-0.2, 0) is 7.05 Å². The molecular weight excluding hydrogens is 410 g/mol. The van der Waals surface area contributed by atoms with E-state index in [1.54, 1.807) is 35.0 Å². The second-order valence-electron chi connectivity index (χ2n) is 7.49. The molecular formula is C22H23N7O3. The van der Waals surface area contributed by atoms with Crippen LogP contribution in [0.25, 0.3) is 11.0 Å². The van der Waals surface area contributed by atoms with Gasteiger partial charge in [-0.3, -0.25) is 9.48 Å². The predicted molar refractivity (Wildman–Crippen MR) is 119 cm³/mol. The van der Waals surface area contributed by atoms with Gasteiger partial charge in [-0.25, -0.2) is 0 Å². The van der Waals surface area contributed by atoms with E-state index >= 15 is 0 Å². The second-order valence-corrected chi connectivity index (χ2v) is 7.49. The number of carbonyl (C=O) groups excluding carboxylic acids is 1. The quantitative estimate of drug-likeness (QED) is 0.513. The number of nitrogens with one attached hydrogen (secondary N) is 1. The van der Waals surface area contributed by atoms with Crippen LogP contribution < -0.4 is 15.0 Å². The van der Waals surface area contributed by atoms with Crippen molar-refractivity contribution in [3.63, 3.8) is 0 Å². The Morgan fingerprint density at radius 1 is 1.12 bits per heavy atom. The molecule has 164 valence electrons. The van der Waals surface area contributed by atoms with Crippen molar-refractivity contribution in [2.45, 2.75) is 0 Å². The van der Waals surface area contributed by atoms with Crippen molar-refractivity contribution in [3.8, 4) is 5.75 Å². The van der Waals surface area contributed by atoms with E-state index in [4.69, 9.17) is 19.1 Å². The molecule has 0 radical (unpaired) electrons. The van der Waals surface area contributed by atoms with Crippen LogP contribution in [0, 0.1) is 0 Å². The van der Waals surface area contributed by atoms with Crippen LogP contribution in [-0.4, -0.2) is 63.8 Å². The molecule has 0 aliphatic carbocycles. The number of anilines is 3. The molecule has 0 unspecified atom stereocenters. The second kappa shape index (κ2) is 8.22. The maximum Gasteiger partial charge on any atom is 0.289 e. The average Bonchev–Trinajstić information content (AvgIpc) is 3.49. The van der Waals surface area contributed by atoms with Crippen LogP contribution in [0.4, 0.5) is 17.5 Å². The van der Waals surface area contributed by atoms with Crippen LogP contribution in [0.15, 0.2) is 53.3 Å². The Morgan fingerprint density at radius 3 is 2.72 bits per heavy atom. The van der Waals surface area contributed by atoms with Crippen LogP contribution in [0.5, 0.6) is 5.75 Å². The summed E-state index contributed by atoms with van der Waals surface area (Å²) in [5.41, 5.74) is 1.59. The first-order chi connectivity index (χ1) is 15.6. The number of fused-ring (bicyclic) bond motifs is 1. The molecule has 1 fully saturated rings. The number of furan rings is 1. The van der Waals surface area contributed by atoms with Crippen molar-refractivity contribution >= 4 is 34.4 Å². The summed E-state index contributed by atoms with van der Waals surface area (Å²) in [6.07, 6.45) is 3.26. The lowest BCUT2D eigenvalue weighted by Gasteiger charge is -2.34. The van der Waals surface area contributed by atoms with Crippen molar-refractivity contribution in [1.29, 1.82) is 0 Å². The summed E-state index contributed by atoms with van der Waals surface area (Å²) in [6.45, 7) is 2.36. The predicted octanol–water partition coefficient (Wildman–Crippen LogP) is 2.67. The summed E-state index contributed by atoms with van der Waals surface area (Å²) in [7, 11) is 3.49. The fourth-order valence-corrected chi connectivity index (χ4v) is 3.75. The Balaban J connectivity index is 1.40. The lowest BCUT2D eigenvalue weighted by Crippen LogP contribution is -2.49. The standard InChI is InChI=1S/C22H23N7O3/c1-27-20-17(14-23-27)19(24-15-5-3-6-16(13-15)31-2)25-22(26-20)29-10-8-28(9-11-29)21(30)18-7-4-12-32-18/h3-7,12-14H,8-11H2,1-2H3,(H,24,25,26). The van der Waals surface area contributed by atoms with E-state index < -0.39 is 0 Å². The molecule has 1 N–H and O–H groups in total. The molecule has 0 spiro atoms. The highest BCUT2D eigenvalue weighted by Crippen LogP contribution is 2.28. The zero-order chi connectivity index (χ0) is 22.1. The van der Waals surface area contributed by atoms with Gasteiger partial charge < -0.3 is 24.3 Å². The molecule has 5 rings (SSSR count). The number of hydrogen-bond acceptors (Lipinski definition) is 8. The number of benzene rings is 1. The van der Waals surface area contributed by atoms with Crippen LogP contribution in [0.3, 0.4) is 0 Å². The lowest BCUT2D eigenvalue weighted by atomic mass is 10.3. The minimum atomic E-state index is -0.0990. The van der Waals surface area contributed by atoms with Crippen molar-refractivity contribution in [2.24, 2.45) is 7.05 Å². The van der Waals surface area contributed by atoms with E-state index in [1.165, 1.54) is 6.26 Å². The number of aryl methyl sites for hydroxylation is 1. The SMILES string of the molecule is COc1cccc(Nc2nc(N3CCN(C(=O)c4ccco4)CC3)nc3c2cnn3C)c1. The van der Waals surface area contributed by atoms with Gasteiger partial charge >= 0.3 is 0 Å². The molecule has 0 saturated carbocycles. The average molecular weight is 433 g/mol. The third-order valence-electron chi connectivity index (χ3n) is 5.49. The number of carbonyl (C=O) groups is 1. The fourth-order valence-electron chi connectivity index (χ4n) is 3.75. The molecule has 4 aromatic rings. The molecule has 1 amide bonds. The first kappa shape index (κ1) is 19.9. The van der Waals surface area contributed by atoms with Gasteiger partial charge in [0.25, 0.3) is 5.91 Å². The summed E-state index contributed by atoms with van der Waals surface area (Å²) in [4.78, 5) is 26.0. The van der Waals surface area contributed by atoms with Gasteiger partial charge in [-0.1, -0.05) is 6.07 Å². The maximum atomic E-state index is 12.5. The fraction of sp³-hybridized carbons (Fsp3) is 0.273. The molecule has 1 aromatic carbocycles. The van der Waals surface area contributed by atoms with E-state index in [9.17, 15) is 4.79 Å². The number of ether oxygens (including phenoxy) is 1.